The fraction of sp³-hybridized carbons (Fsp3) is 0.250. The van der Waals surface area contributed by atoms with Crippen LogP contribution >= 0.6 is 0 Å². The lowest BCUT2D eigenvalue weighted by molar-refractivity contribution is -0.577. The number of carbonyl (C=O) groups excluding carboxylic acids is 1. The number of esters is 1. The lowest BCUT2D eigenvalue weighted by Crippen LogP contribution is -2.26. The van der Waals surface area contributed by atoms with Crippen molar-refractivity contribution in [2.24, 2.45) is 0 Å². The summed E-state index contributed by atoms with van der Waals surface area (Å²) >= 11 is 0. The van der Waals surface area contributed by atoms with Gasteiger partial charge in [-0.3, -0.25) is 0 Å². The first-order valence-electron chi connectivity index (χ1n) is 6.39. The zero-order chi connectivity index (χ0) is 14.8. The van der Waals surface area contributed by atoms with Crippen LogP contribution in [0.15, 0.2) is 42.6 Å². The minimum atomic E-state index is -0.529. The van der Waals surface area contributed by atoms with Crippen molar-refractivity contribution in [1.82, 2.24) is 0 Å². The molecule has 0 spiro atoms. The maximum atomic E-state index is 11.8. The average Bonchev–Trinajstić information content (AvgIpc) is 2.34. The van der Waals surface area contributed by atoms with Crippen LogP contribution in [0.25, 0.3) is 17.0 Å². The number of hydrogen-bond acceptors (Lipinski definition) is 3. The van der Waals surface area contributed by atoms with E-state index in [1.54, 1.807) is 18.2 Å². The van der Waals surface area contributed by atoms with Gasteiger partial charge in [-0.15, -0.1) is 0 Å². The summed E-state index contributed by atoms with van der Waals surface area (Å²) in [5.74, 6) is -0.428. The number of nitrogens with zero attached hydrogens (tertiary/aromatic N) is 1. The fourth-order valence-corrected chi connectivity index (χ4v) is 1.90. The first-order chi connectivity index (χ1) is 9.37. The van der Waals surface area contributed by atoms with Crippen molar-refractivity contribution in [2.45, 2.75) is 26.4 Å². The Morgan fingerprint density at radius 3 is 2.65 bits per heavy atom. The number of benzene rings is 1. The minimum Gasteiger partial charge on any atom is -0.618 e. The van der Waals surface area contributed by atoms with Crippen molar-refractivity contribution in [3.8, 4) is 0 Å². The molecule has 0 aliphatic rings. The molecule has 2 aromatic rings. The number of fused-ring (bicyclic) bond motifs is 1. The normalized spacial score (nSPS) is 11.9. The van der Waals surface area contributed by atoms with Gasteiger partial charge in [0.1, 0.15) is 5.60 Å². The van der Waals surface area contributed by atoms with Crippen molar-refractivity contribution in [3.63, 3.8) is 0 Å². The number of carbonyl (C=O) groups is 1. The van der Waals surface area contributed by atoms with Crippen LogP contribution in [0.2, 0.25) is 0 Å². The molecule has 2 rings (SSSR count). The molecule has 0 aliphatic carbocycles. The van der Waals surface area contributed by atoms with Gasteiger partial charge in [0.05, 0.1) is 0 Å². The Kier molecular flexibility index (Phi) is 3.74. The van der Waals surface area contributed by atoms with Gasteiger partial charge in [-0.05, 0) is 45.0 Å². The van der Waals surface area contributed by atoms with E-state index in [-0.39, 0.29) is 0 Å². The van der Waals surface area contributed by atoms with Gasteiger partial charge >= 0.3 is 5.97 Å². The second-order valence-electron chi connectivity index (χ2n) is 5.49. The molecule has 0 fully saturated rings. The van der Waals surface area contributed by atoms with Crippen LogP contribution in [-0.4, -0.2) is 11.6 Å². The molecule has 0 bridgehead atoms. The van der Waals surface area contributed by atoms with Crippen molar-refractivity contribution >= 4 is 22.9 Å². The van der Waals surface area contributed by atoms with E-state index in [4.69, 9.17) is 4.74 Å². The maximum absolute atomic E-state index is 11.8. The molecule has 0 aliphatic heterocycles. The van der Waals surface area contributed by atoms with Gasteiger partial charge in [-0.25, -0.2) is 4.79 Å². The Bertz CT molecular complexity index is 664. The molecule has 0 radical (unpaired) electrons. The standard InChI is InChI=1S/C16H17NO3/c1-16(2,3)20-14(18)10-9-13-7-4-6-12-8-5-11-17(19)15(12)13/h4-11H,1-3H3/b10-9+. The monoisotopic (exact) mass is 271 g/mol. The Balaban J connectivity index is 2.33. The Morgan fingerprint density at radius 1 is 1.25 bits per heavy atom. The summed E-state index contributed by atoms with van der Waals surface area (Å²) in [6, 6.07) is 9.04. The van der Waals surface area contributed by atoms with Crippen molar-refractivity contribution < 1.29 is 14.3 Å². The van der Waals surface area contributed by atoms with E-state index >= 15 is 0 Å². The lowest BCUT2D eigenvalue weighted by Gasteiger charge is -2.17. The van der Waals surface area contributed by atoms with Gasteiger partial charge in [0.2, 0.25) is 5.52 Å². The summed E-state index contributed by atoms with van der Waals surface area (Å²) in [6.07, 6.45) is 4.38. The topological polar surface area (TPSA) is 53.2 Å². The van der Waals surface area contributed by atoms with Crippen LogP contribution in [0.4, 0.5) is 0 Å². The smallest absolute Gasteiger partial charge is 0.331 e. The van der Waals surface area contributed by atoms with Gasteiger partial charge in [0, 0.05) is 23.1 Å². The average molecular weight is 271 g/mol. The Labute approximate surface area is 117 Å². The van der Waals surface area contributed by atoms with Crippen LogP contribution in [-0.2, 0) is 9.53 Å². The van der Waals surface area contributed by atoms with E-state index in [2.05, 4.69) is 0 Å². The number of hydrogen-bond donors (Lipinski definition) is 0. The molecule has 104 valence electrons. The first-order valence-corrected chi connectivity index (χ1v) is 6.39. The number of rotatable bonds is 2. The lowest BCUT2D eigenvalue weighted by atomic mass is 10.1. The summed E-state index contributed by atoms with van der Waals surface area (Å²) in [5, 5.41) is 12.7. The molecule has 1 aromatic heterocycles. The molecule has 0 unspecified atom stereocenters. The number of ether oxygens (including phenoxy) is 1. The highest BCUT2D eigenvalue weighted by Crippen LogP contribution is 2.16. The van der Waals surface area contributed by atoms with Crippen molar-refractivity contribution in [3.05, 3.63) is 53.4 Å². The fourth-order valence-electron chi connectivity index (χ4n) is 1.90. The van der Waals surface area contributed by atoms with Crippen LogP contribution in [0, 0.1) is 5.21 Å². The highest BCUT2D eigenvalue weighted by Gasteiger charge is 2.14. The molecule has 1 aromatic carbocycles. The second kappa shape index (κ2) is 5.33. The predicted octanol–water partition coefficient (Wildman–Crippen LogP) is 2.83. The summed E-state index contributed by atoms with van der Waals surface area (Å²) < 4.78 is 5.99. The zero-order valence-corrected chi connectivity index (χ0v) is 11.8. The van der Waals surface area contributed by atoms with Crippen molar-refractivity contribution in [1.29, 1.82) is 0 Å². The Morgan fingerprint density at radius 2 is 1.95 bits per heavy atom. The summed E-state index contributed by atoms with van der Waals surface area (Å²) in [4.78, 5) is 11.7. The maximum Gasteiger partial charge on any atom is 0.331 e. The molecule has 0 N–H and O–H groups in total. The third-order valence-corrected chi connectivity index (χ3v) is 2.62. The molecular weight excluding hydrogens is 254 g/mol. The Hall–Kier alpha value is -2.36. The second-order valence-corrected chi connectivity index (χ2v) is 5.49. The molecule has 4 heteroatoms. The van der Waals surface area contributed by atoms with Gasteiger partial charge in [-0.2, -0.15) is 4.73 Å². The summed E-state index contributed by atoms with van der Waals surface area (Å²) in [7, 11) is 0. The summed E-state index contributed by atoms with van der Waals surface area (Å²) in [5.41, 5.74) is 0.692. The molecule has 0 saturated heterocycles. The molecule has 20 heavy (non-hydrogen) atoms. The van der Waals surface area contributed by atoms with Crippen LogP contribution in [0.1, 0.15) is 26.3 Å². The van der Waals surface area contributed by atoms with Crippen molar-refractivity contribution in [2.75, 3.05) is 0 Å². The largest absolute Gasteiger partial charge is 0.618 e. The molecule has 4 nitrogen and oxygen atoms in total. The quantitative estimate of drug-likeness (QED) is 0.365. The van der Waals surface area contributed by atoms with Gasteiger partial charge in [0.25, 0.3) is 0 Å². The molecular formula is C16H17NO3. The molecule has 0 saturated carbocycles. The van der Waals surface area contributed by atoms with Crippen LogP contribution in [0.5, 0.6) is 0 Å². The highest BCUT2D eigenvalue weighted by atomic mass is 16.6. The first kappa shape index (κ1) is 14.1. The van der Waals surface area contributed by atoms with Gasteiger partial charge in [0.15, 0.2) is 6.20 Å². The van der Waals surface area contributed by atoms with E-state index in [0.717, 1.165) is 10.1 Å². The van der Waals surface area contributed by atoms with Crippen LogP contribution < -0.4 is 4.73 Å². The SMILES string of the molecule is CC(C)(C)OC(=O)/C=C/c1cccc2ccc[n+]([O-])c12. The number of pyridine rings is 1. The van der Waals surface area contributed by atoms with Gasteiger partial charge in [-0.1, -0.05) is 6.07 Å². The molecule has 0 amide bonds. The van der Waals surface area contributed by atoms with E-state index in [1.165, 1.54) is 12.3 Å². The molecule has 0 atom stereocenters. The summed E-state index contributed by atoms with van der Waals surface area (Å²) in [6.45, 7) is 5.42. The highest BCUT2D eigenvalue weighted by molar-refractivity contribution is 5.91. The van der Waals surface area contributed by atoms with E-state index in [9.17, 15) is 10.0 Å². The van der Waals surface area contributed by atoms with Gasteiger partial charge < -0.3 is 9.94 Å². The van der Waals surface area contributed by atoms with E-state index < -0.39 is 11.6 Å². The third-order valence-electron chi connectivity index (χ3n) is 2.62. The predicted molar refractivity (Wildman–Crippen MR) is 77.8 cm³/mol. The van der Waals surface area contributed by atoms with E-state index in [1.807, 2.05) is 39.0 Å². The number of aromatic nitrogens is 1. The van der Waals surface area contributed by atoms with E-state index in [0.29, 0.717) is 11.1 Å². The minimum absolute atomic E-state index is 0.428. The third kappa shape index (κ3) is 3.35. The van der Waals surface area contributed by atoms with Crippen LogP contribution in [0.3, 0.4) is 0 Å². The molecule has 1 heterocycles. The zero-order valence-electron chi connectivity index (χ0n) is 11.8. The number of para-hydroxylation sites is 1.